The predicted octanol–water partition coefficient (Wildman–Crippen LogP) is 2.66. The second kappa shape index (κ2) is 6.42. The lowest BCUT2D eigenvalue weighted by molar-refractivity contribution is -0.385. The SMILES string of the molecule is CCN(CC(F)(F)F)C(=O)c1cc(NC)ccc1[N+](=O)[O-]. The first kappa shape index (κ1) is 16.7. The quantitative estimate of drug-likeness (QED) is 0.670. The van der Waals surface area contributed by atoms with E-state index < -0.39 is 29.2 Å². The number of alkyl halides is 3. The molecule has 0 atom stereocenters. The van der Waals surface area contributed by atoms with Gasteiger partial charge >= 0.3 is 6.18 Å². The number of nitro groups is 1. The number of nitrogens with zero attached hydrogens (tertiary/aromatic N) is 2. The van der Waals surface area contributed by atoms with E-state index >= 15 is 0 Å². The van der Waals surface area contributed by atoms with Gasteiger partial charge in [-0.15, -0.1) is 0 Å². The second-order valence-electron chi connectivity index (χ2n) is 4.17. The number of hydrogen-bond donors (Lipinski definition) is 1. The van der Waals surface area contributed by atoms with E-state index in [1.165, 1.54) is 26.1 Å². The summed E-state index contributed by atoms with van der Waals surface area (Å²) in [6.07, 6.45) is -4.57. The largest absolute Gasteiger partial charge is 0.406 e. The van der Waals surface area contributed by atoms with E-state index in [4.69, 9.17) is 0 Å². The number of nitrogens with one attached hydrogen (secondary N) is 1. The van der Waals surface area contributed by atoms with E-state index in [2.05, 4.69) is 5.32 Å². The third kappa shape index (κ3) is 4.33. The highest BCUT2D eigenvalue weighted by Gasteiger charge is 2.34. The molecular formula is C12H14F3N3O3. The first-order chi connectivity index (χ1) is 9.69. The zero-order valence-electron chi connectivity index (χ0n) is 11.4. The third-order valence-corrected chi connectivity index (χ3v) is 2.75. The van der Waals surface area contributed by atoms with E-state index in [-0.39, 0.29) is 12.1 Å². The summed E-state index contributed by atoms with van der Waals surface area (Å²) >= 11 is 0. The van der Waals surface area contributed by atoms with E-state index in [1.54, 1.807) is 0 Å². The number of nitro benzene ring substituents is 1. The van der Waals surface area contributed by atoms with Gasteiger partial charge in [-0.2, -0.15) is 13.2 Å². The van der Waals surface area contributed by atoms with Crippen LogP contribution < -0.4 is 5.32 Å². The van der Waals surface area contributed by atoms with Gasteiger partial charge in [0.05, 0.1) is 4.92 Å². The van der Waals surface area contributed by atoms with Crippen molar-refractivity contribution in [2.45, 2.75) is 13.1 Å². The Kier molecular flexibility index (Phi) is 5.12. The molecule has 1 N–H and O–H groups in total. The fourth-order valence-electron chi connectivity index (χ4n) is 1.74. The lowest BCUT2D eigenvalue weighted by Gasteiger charge is -2.22. The topological polar surface area (TPSA) is 75.5 Å². The van der Waals surface area contributed by atoms with Crippen LogP contribution in [-0.2, 0) is 0 Å². The fraction of sp³-hybridized carbons (Fsp3) is 0.417. The van der Waals surface area contributed by atoms with Crippen molar-refractivity contribution in [3.8, 4) is 0 Å². The number of carbonyl (C=O) groups excluding carboxylic acids is 1. The highest BCUT2D eigenvalue weighted by Crippen LogP contribution is 2.25. The van der Waals surface area contributed by atoms with Gasteiger partial charge in [0.15, 0.2) is 0 Å². The Labute approximate surface area is 118 Å². The average molecular weight is 305 g/mol. The summed E-state index contributed by atoms with van der Waals surface area (Å²) in [5.74, 6) is -1.03. The number of halogens is 3. The summed E-state index contributed by atoms with van der Waals surface area (Å²) in [7, 11) is 1.53. The Morgan fingerprint density at radius 2 is 2.05 bits per heavy atom. The monoisotopic (exact) mass is 305 g/mol. The van der Waals surface area contributed by atoms with Crippen molar-refractivity contribution >= 4 is 17.3 Å². The Bertz CT molecular complexity index is 546. The number of hydrogen-bond acceptors (Lipinski definition) is 4. The van der Waals surface area contributed by atoms with Crippen LogP contribution in [0.3, 0.4) is 0 Å². The van der Waals surface area contributed by atoms with Gasteiger partial charge in [0.25, 0.3) is 11.6 Å². The Morgan fingerprint density at radius 1 is 1.43 bits per heavy atom. The molecule has 0 heterocycles. The average Bonchev–Trinajstić information content (AvgIpc) is 2.42. The molecule has 21 heavy (non-hydrogen) atoms. The highest BCUT2D eigenvalue weighted by molar-refractivity contribution is 5.99. The van der Waals surface area contributed by atoms with Crippen LogP contribution in [0.2, 0.25) is 0 Å². The summed E-state index contributed by atoms with van der Waals surface area (Å²) in [6.45, 7) is -0.292. The summed E-state index contributed by atoms with van der Waals surface area (Å²) in [5.41, 5.74) is -0.510. The molecule has 0 aromatic heterocycles. The standard InChI is InChI=1S/C12H14F3N3O3/c1-3-17(7-12(13,14)15)11(19)9-6-8(16-2)4-5-10(9)18(20)21/h4-6,16H,3,7H2,1-2H3. The molecule has 0 fully saturated rings. The molecule has 0 aliphatic carbocycles. The van der Waals surface area contributed by atoms with Crippen molar-refractivity contribution in [2.24, 2.45) is 0 Å². The molecule has 1 amide bonds. The number of carbonyl (C=O) groups is 1. The van der Waals surface area contributed by atoms with Crippen molar-refractivity contribution in [1.29, 1.82) is 0 Å². The van der Waals surface area contributed by atoms with Crippen molar-refractivity contribution in [2.75, 3.05) is 25.5 Å². The Hall–Kier alpha value is -2.32. The van der Waals surface area contributed by atoms with Crippen LogP contribution in [-0.4, -0.2) is 42.0 Å². The van der Waals surface area contributed by atoms with Gasteiger partial charge in [-0.1, -0.05) is 0 Å². The van der Waals surface area contributed by atoms with Crippen LogP contribution in [0.25, 0.3) is 0 Å². The van der Waals surface area contributed by atoms with Crippen LogP contribution >= 0.6 is 0 Å². The van der Waals surface area contributed by atoms with Crippen LogP contribution in [0.5, 0.6) is 0 Å². The zero-order valence-corrected chi connectivity index (χ0v) is 11.4. The molecule has 0 saturated heterocycles. The maximum atomic E-state index is 12.4. The first-order valence-electron chi connectivity index (χ1n) is 6.01. The zero-order chi connectivity index (χ0) is 16.2. The van der Waals surface area contributed by atoms with Crippen LogP contribution in [0.4, 0.5) is 24.5 Å². The number of anilines is 1. The molecule has 6 nitrogen and oxygen atoms in total. The fourth-order valence-corrected chi connectivity index (χ4v) is 1.74. The van der Waals surface area contributed by atoms with Crippen molar-refractivity contribution in [3.05, 3.63) is 33.9 Å². The van der Waals surface area contributed by atoms with Gasteiger partial charge in [-0.05, 0) is 19.1 Å². The maximum absolute atomic E-state index is 12.4. The van der Waals surface area contributed by atoms with Crippen LogP contribution in [0.1, 0.15) is 17.3 Å². The molecule has 0 unspecified atom stereocenters. The summed E-state index contributed by atoms with van der Waals surface area (Å²) < 4.78 is 37.3. The smallest absolute Gasteiger partial charge is 0.388 e. The normalized spacial score (nSPS) is 11.1. The van der Waals surface area contributed by atoms with E-state index in [0.29, 0.717) is 10.6 Å². The molecule has 116 valence electrons. The van der Waals surface area contributed by atoms with Gasteiger partial charge in [-0.25, -0.2) is 0 Å². The maximum Gasteiger partial charge on any atom is 0.406 e. The van der Waals surface area contributed by atoms with Gasteiger partial charge in [-0.3, -0.25) is 14.9 Å². The molecule has 1 rings (SSSR count). The summed E-state index contributed by atoms with van der Waals surface area (Å²) in [5, 5.41) is 13.6. The minimum Gasteiger partial charge on any atom is -0.388 e. The number of benzene rings is 1. The molecule has 1 aromatic carbocycles. The molecule has 1 aromatic rings. The summed E-state index contributed by atoms with van der Waals surface area (Å²) in [4.78, 5) is 22.8. The third-order valence-electron chi connectivity index (χ3n) is 2.75. The lowest BCUT2D eigenvalue weighted by Crippen LogP contribution is -2.39. The van der Waals surface area contributed by atoms with E-state index in [1.807, 2.05) is 0 Å². The molecular weight excluding hydrogens is 291 g/mol. The highest BCUT2D eigenvalue weighted by atomic mass is 19.4. The van der Waals surface area contributed by atoms with Gasteiger partial charge in [0.1, 0.15) is 12.1 Å². The van der Waals surface area contributed by atoms with Crippen molar-refractivity contribution < 1.29 is 22.9 Å². The van der Waals surface area contributed by atoms with Crippen LogP contribution in [0, 0.1) is 10.1 Å². The van der Waals surface area contributed by atoms with E-state index in [0.717, 1.165) is 6.07 Å². The molecule has 0 radical (unpaired) electrons. The summed E-state index contributed by atoms with van der Waals surface area (Å²) in [6, 6.07) is 3.62. The van der Waals surface area contributed by atoms with Crippen LogP contribution in [0.15, 0.2) is 18.2 Å². The second-order valence-corrected chi connectivity index (χ2v) is 4.17. The molecule has 0 spiro atoms. The minimum absolute atomic E-state index is 0.209. The van der Waals surface area contributed by atoms with Crippen molar-refractivity contribution in [3.63, 3.8) is 0 Å². The minimum atomic E-state index is -4.57. The van der Waals surface area contributed by atoms with Gasteiger partial charge in [0, 0.05) is 25.3 Å². The van der Waals surface area contributed by atoms with Gasteiger partial charge in [0.2, 0.25) is 0 Å². The molecule has 9 heteroatoms. The molecule has 0 aliphatic rings. The molecule has 0 aliphatic heterocycles. The van der Waals surface area contributed by atoms with Crippen molar-refractivity contribution in [1.82, 2.24) is 4.90 Å². The lowest BCUT2D eigenvalue weighted by atomic mass is 10.1. The Morgan fingerprint density at radius 3 is 2.48 bits per heavy atom. The first-order valence-corrected chi connectivity index (χ1v) is 6.01. The predicted molar refractivity (Wildman–Crippen MR) is 70.3 cm³/mol. The molecule has 0 bridgehead atoms. The number of amides is 1. The van der Waals surface area contributed by atoms with E-state index in [9.17, 15) is 28.1 Å². The van der Waals surface area contributed by atoms with Gasteiger partial charge < -0.3 is 10.2 Å². The Balaban J connectivity index is 3.22. The number of rotatable bonds is 5. The molecule has 0 saturated carbocycles.